The van der Waals surface area contributed by atoms with Crippen LogP contribution in [0.25, 0.3) is 43.8 Å². The van der Waals surface area contributed by atoms with Gasteiger partial charge in [-0.1, -0.05) is 0 Å². The molecule has 0 atom stereocenters. The van der Waals surface area contributed by atoms with Crippen molar-refractivity contribution in [1.29, 1.82) is 0 Å². The standard InChI is InChI=1S/C26H17O.Ru/c27-25-17-21-16-20(18-8-3-1-4-9-18)14-15-23(21)26-22(12-7-13-24(25)26)19-10-5-2-6-11-19;/h1-12,14-17,27H;. The van der Waals surface area contributed by atoms with Crippen molar-refractivity contribution in [2.45, 2.75) is 0 Å². The van der Waals surface area contributed by atoms with Crippen molar-refractivity contribution in [3.63, 3.8) is 0 Å². The van der Waals surface area contributed by atoms with Gasteiger partial charge in [0, 0.05) is 0 Å². The zero-order valence-corrected chi connectivity index (χ0v) is 16.8. The molecule has 0 spiro atoms. The zero-order chi connectivity index (χ0) is 19.1. The Morgan fingerprint density at radius 1 is 0.571 bits per heavy atom. The van der Waals surface area contributed by atoms with Crippen molar-refractivity contribution in [2.75, 3.05) is 0 Å². The van der Waals surface area contributed by atoms with Crippen LogP contribution in [0.15, 0.2) is 97.1 Å². The van der Waals surface area contributed by atoms with E-state index in [1.165, 1.54) is 5.56 Å². The molecule has 135 valence electrons. The SMILES string of the molecule is Oc1cc2cc(-c3ccccc3)ccc2c2c(-c3ccccc3)cc[c]([Ru])c12. The molecule has 0 saturated heterocycles. The Morgan fingerprint density at radius 2 is 1.25 bits per heavy atom. The number of aromatic hydroxyl groups is 1. The molecule has 0 unspecified atom stereocenters. The second kappa shape index (κ2) is 6.89. The molecule has 1 nitrogen and oxygen atoms in total. The molecule has 5 aromatic carbocycles. The molecule has 0 radical (unpaired) electrons. The molecule has 0 amide bonds. The maximum atomic E-state index is 10.9. The third-order valence-electron chi connectivity index (χ3n) is 5.21. The minimum atomic E-state index is 0.319. The Morgan fingerprint density at radius 3 is 1.96 bits per heavy atom. The summed E-state index contributed by atoms with van der Waals surface area (Å²) >= 11 is 2.64. The quantitative estimate of drug-likeness (QED) is 0.253. The summed E-state index contributed by atoms with van der Waals surface area (Å²) in [5, 5.41) is 15.1. The van der Waals surface area contributed by atoms with Crippen molar-refractivity contribution < 1.29 is 23.4 Å². The van der Waals surface area contributed by atoms with Crippen molar-refractivity contribution in [2.24, 2.45) is 0 Å². The molecule has 0 saturated carbocycles. The Balaban J connectivity index is 1.87. The van der Waals surface area contributed by atoms with Crippen LogP contribution in [0.3, 0.4) is 0 Å². The number of phenols is 1. The molecule has 0 heterocycles. The number of rotatable bonds is 2. The van der Waals surface area contributed by atoms with Crippen molar-refractivity contribution in [3.8, 4) is 28.0 Å². The molecule has 0 aliphatic carbocycles. The van der Waals surface area contributed by atoms with Gasteiger partial charge in [0.1, 0.15) is 0 Å². The predicted molar refractivity (Wildman–Crippen MR) is 114 cm³/mol. The number of hydrogen-bond acceptors (Lipinski definition) is 1. The first kappa shape index (κ1) is 17.2. The van der Waals surface area contributed by atoms with Gasteiger partial charge in [0.2, 0.25) is 0 Å². The average molecular weight is 446 g/mol. The van der Waals surface area contributed by atoms with Crippen LogP contribution in [0.1, 0.15) is 0 Å². The summed E-state index contributed by atoms with van der Waals surface area (Å²) in [5.74, 6) is 0.319. The third-order valence-corrected chi connectivity index (χ3v) is 5.93. The second-order valence-electron chi connectivity index (χ2n) is 6.90. The van der Waals surface area contributed by atoms with E-state index in [0.717, 1.165) is 42.4 Å². The average Bonchev–Trinajstić information content (AvgIpc) is 2.74. The van der Waals surface area contributed by atoms with Crippen LogP contribution in [-0.2, 0) is 18.3 Å². The van der Waals surface area contributed by atoms with E-state index in [2.05, 4.69) is 85.0 Å². The molecule has 0 fully saturated rings. The van der Waals surface area contributed by atoms with Gasteiger partial charge in [-0.05, 0) is 0 Å². The summed E-state index contributed by atoms with van der Waals surface area (Å²) in [6.45, 7) is 0. The first-order chi connectivity index (χ1) is 13.7. The van der Waals surface area contributed by atoms with E-state index < -0.39 is 0 Å². The van der Waals surface area contributed by atoms with E-state index >= 15 is 0 Å². The van der Waals surface area contributed by atoms with Gasteiger partial charge in [0.15, 0.2) is 0 Å². The normalized spacial score (nSPS) is 11.2. The van der Waals surface area contributed by atoms with Crippen LogP contribution in [0.2, 0.25) is 0 Å². The van der Waals surface area contributed by atoms with E-state index in [4.69, 9.17) is 0 Å². The molecule has 28 heavy (non-hydrogen) atoms. The van der Waals surface area contributed by atoms with Crippen LogP contribution < -0.4 is 4.16 Å². The first-order valence-corrected chi connectivity index (χ1v) is 10.1. The summed E-state index contributed by atoms with van der Waals surface area (Å²) in [6.07, 6.45) is 0. The fourth-order valence-corrected chi connectivity index (χ4v) is 4.48. The second-order valence-corrected chi connectivity index (χ2v) is 7.83. The number of fused-ring (bicyclic) bond motifs is 3. The van der Waals surface area contributed by atoms with Crippen molar-refractivity contribution >= 4 is 25.7 Å². The van der Waals surface area contributed by atoms with E-state index in [1.54, 1.807) is 0 Å². The Bertz CT molecular complexity index is 1310. The molecule has 2 heteroatoms. The van der Waals surface area contributed by atoms with Gasteiger partial charge >= 0.3 is 174 Å². The van der Waals surface area contributed by atoms with Crippen molar-refractivity contribution in [1.82, 2.24) is 0 Å². The molecule has 5 aromatic rings. The minimum absolute atomic E-state index is 0.319. The summed E-state index contributed by atoms with van der Waals surface area (Å²) < 4.78 is 1.01. The van der Waals surface area contributed by atoms with Gasteiger partial charge in [0.25, 0.3) is 0 Å². The Hall–Kier alpha value is -2.96. The fourth-order valence-electron chi connectivity index (χ4n) is 3.90. The summed E-state index contributed by atoms with van der Waals surface area (Å²) in [5.41, 5.74) is 4.61. The van der Waals surface area contributed by atoms with Gasteiger partial charge in [-0.2, -0.15) is 0 Å². The van der Waals surface area contributed by atoms with E-state index in [0.29, 0.717) is 5.75 Å². The summed E-state index contributed by atoms with van der Waals surface area (Å²) in [6, 6.07) is 33.3. The van der Waals surface area contributed by atoms with Gasteiger partial charge < -0.3 is 0 Å². The van der Waals surface area contributed by atoms with Crippen LogP contribution in [0.4, 0.5) is 0 Å². The molecule has 1 N–H and O–H groups in total. The molecule has 5 rings (SSSR count). The van der Waals surface area contributed by atoms with Gasteiger partial charge in [0.05, 0.1) is 0 Å². The molecular formula is C26H17ORu. The molecule has 0 aliphatic rings. The van der Waals surface area contributed by atoms with Gasteiger partial charge in [-0.15, -0.1) is 0 Å². The number of benzene rings is 5. The predicted octanol–water partition coefficient (Wildman–Crippen LogP) is 6.20. The maximum absolute atomic E-state index is 10.9. The fraction of sp³-hybridized carbons (Fsp3) is 0. The first-order valence-electron chi connectivity index (χ1n) is 9.20. The van der Waals surface area contributed by atoms with E-state index in [9.17, 15) is 5.11 Å². The number of phenolic OH excluding ortho intramolecular Hbond substituents is 1. The van der Waals surface area contributed by atoms with E-state index in [1.807, 2.05) is 30.3 Å². The molecule has 0 bridgehead atoms. The van der Waals surface area contributed by atoms with Gasteiger partial charge in [-0.25, -0.2) is 0 Å². The summed E-state index contributed by atoms with van der Waals surface area (Å²) in [4.78, 5) is 0. The Kier molecular flexibility index (Phi) is 4.22. The van der Waals surface area contributed by atoms with Crippen LogP contribution in [0.5, 0.6) is 5.75 Å². The van der Waals surface area contributed by atoms with Gasteiger partial charge in [-0.3, -0.25) is 0 Å². The molecular weight excluding hydrogens is 429 g/mol. The summed E-state index contributed by atoms with van der Waals surface area (Å²) in [7, 11) is 0. The van der Waals surface area contributed by atoms with Crippen LogP contribution in [0, 0.1) is 0 Å². The zero-order valence-electron chi connectivity index (χ0n) is 15.0. The van der Waals surface area contributed by atoms with Crippen molar-refractivity contribution in [3.05, 3.63) is 97.1 Å². The van der Waals surface area contributed by atoms with Crippen LogP contribution in [-0.4, -0.2) is 5.11 Å². The third kappa shape index (κ3) is 2.82. The molecule has 0 aromatic heterocycles. The van der Waals surface area contributed by atoms with Crippen LogP contribution >= 0.6 is 0 Å². The topological polar surface area (TPSA) is 20.2 Å². The Labute approximate surface area is 174 Å². The van der Waals surface area contributed by atoms with E-state index in [-0.39, 0.29) is 0 Å². The monoisotopic (exact) mass is 447 g/mol. The number of hydrogen-bond donors (Lipinski definition) is 1. The molecule has 0 aliphatic heterocycles.